The molecule has 1 aliphatic rings. The van der Waals surface area contributed by atoms with Crippen LogP contribution in [0.25, 0.3) is 0 Å². The first-order valence-corrected chi connectivity index (χ1v) is 8.64. The summed E-state index contributed by atoms with van der Waals surface area (Å²) in [4.78, 5) is 25.1. The zero-order chi connectivity index (χ0) is 19.3. The van der Waals surface area contributed by atoms with Crippen LogP contribution in [0.15, 0.2) is 24.3 Å². The van der Waals surface area contributed by atoms with Gasteiger partial charge in [0.25, 0.3) is 0 Å². The third-order valence-corrected chi connectivity index (χ3v) is 4.33. The number of rotatable bonds is 4. The van der Waals surface area contributed by atoms with E-state index in [0.717, 1.165) is 18.9 Å². The van der Waals surface area contributed by atoms with Crippen LogP contribution < -0.4 is 10.6 Å². The maximum atomic E-state index is 13.1. The van der Waals surface area contributed by atoms with Gasteiger partial charge < -0.3 is 15.5 Å². The molecule has 1 heterocycles. The van der Waals surface area contributed by atoms with Crippen molar-refractivity contribution in [3.8, 4) is 0 Å². The van der Waals surface area contributed by atoms with Gasteiger partial charge in [0, 0.05) is 32.1 Å². The highest BCUT2D eigenvalue weighted by molar-refractivity contribution is 5.75. The van der Waals surface area contributed by atoms with E-state index < -0.39 is 17.8 Å². The van der Waals surface area contributed by atoms with Crippen LogP contribution >= 0.6 is 0 Å². The molecule has 1 aromatic rings. The van der Waals surface area contributed by atoms with E-state index in [1.165, 1.54) is 19.1 Å². The second-order valence-electron chi connectivity index (χ2n) is 6.70. The first-order chi connectivity index (χ1) is 12.2. The summed E-state index contributed by atoms with van der Waals surface area (Å²) in [7, 11) is 0. The van der Waals surface area contributed by atoms with Gasteiger partial charge in [0.15, 0.2) is 0 Å². The topological polar surface area (TPSA) is 61.4 Å². The maximum absolute atomic E-state index is 13.1. The number of nitrogens with one attached hydrogen (secondary N) is 2. The lowest BCUT2D eigenvalue weighted by Gasteiger charge is -2.33. The minimum absolute atomic E-state index is 0.0877. The van der Waals surface area contributed by atoms with Crippen LogP contribution in [0, 0.1) is 0 Å². The summed E-state index contributed by atoms with van der Waals surface area (Å²) in [5.41, 5.74) is -0.521. The normalized spacial score (nSPS) is 19.0. The van der Waals surface area contributed by atoms with Gasteiger partial charge >= 0.3 is 12.2 Å². The van der Waals surface area contributed by atoms with Crippen LogP contribution in [0.1, 0.15) is 37.8 Å². The molecule has 0 spiro atoms. The van der Waals surface area contributed by atoms with Gasteiger partial charge in [-0.15, -0.1) is 0 Å². The lowest BCUT2D eigenvalue weighted by atomic mass is 10.0. The minimum atomic E-state index is -4.42. The van der Waals surface area contributed by atoms with Gasteiger partial charge in [0.1, 0.15) is 0 Å². The number of hydrogen-bond acceptors (Lipinski definition) is 2. The molecule has 0 radical (unpaired) electrons. The average molecular weight is 371 g/mol. The highest BCUT2D eigenvalue weighted by atomic mass is 19.4. The monoisotopic (exact) mass is 371 g/mol. The molecule has 2 rings (SSSR count). The molecule has 0 aromatic heterocycles. The Morgan fingerprint density at radius 2 is 2.00 bits per heavy atom. The number of nitrogens with zero attached hydrogens (tertiary/aromatic N) is 1. The zero-order valence-electron chi connectivity index (χ0n) is 14.9. The van der Waals surface area contributed by atoms with E-state index in [1.807, 2.05) is 0 Å². The average Bonchev–Trinajstić information content (AvgIpc) is 2.53. The molecule has 3 amide bonds. The molecule has 0 saturated carbocycles. The summed E-state index contributed by atoms with van der Waals surface area (Å²) >= 11 is 0. The van der Waals surface area contributed by atoms with Crippen LogP contribution in [-0.2, 0) is 17.4 Å². The standard InChI is InChI=1S/C18H24F3N3O2/c1-12(10-14-6-3-4-8-16(14)18(19,20)21)22-17(26)24-9-5-7-15(11-24)23-13(2)25/h3-4,6,8,12,15H,5,7,9-11H2,1-2H3,(H,22,26)(H,23,25). The van der Waals surface area contributed by atoms with Crippen molar-refractivity contribution in [2.45, 2.75) is 51.4 Å². The van der Waals surface area contributed by atoms with Crippen molar-refractivity contribution < 1.29 is 22.8 Å². The molecular formula is C18H24F3N3O2. The Balaban J connectivity index is 1.94. The molecule has 1 fully saturated rings. The van der Waals surface area contributed by atoms with Gasteiger partial charge in [-0.05, 0) is 37.8 Å². The summed E-state index contributed by atoms with van der Waals surface area (Å²) in [5, 5.41) is 5.56. The summed E-state index contributed by atoms with van der Waals surface area (Å²) in [5.74, 6) is -0.144. The number of carbonyl (C=O) groups excluding carboxylic acids is 2. The largest absolute Gasteiger partial charge is 0.416 e. The third kappa shape index (κ3) is 5.64. The first-order valence-electron chi connectivity index (χ1n) is 8.64. The molecule has 1 aliphatic heterocycles. The van der Waals surface area contributed by atoms with E-state index in [4.69, 9.17) is 0 Å². The Morgan fingerprint density at radius 3 is 2.65 bits per heavy atom. The first kappa shape index (κ1) is 20.1. The van der Waals surface area contributed by atoms with Gasteiger partial charge in [-0.2, -0.15) is 13.2 Å². The highest BCUT2D eigenvalue weighted by Gasteiger charge is 2.33. The number of amides is 3. The molecule has 26 heavy (non-hydrogen) atoms. The van der Waals surface area contributed by atoms with Gasteiger partial charge in [0.05, 0.1) is 5.56 Å². The summed E-state index contributed by atoms with van der Waals surface area (Å²) in [6.45, 7) is 4.07. The second kappa shape index (κ2) is 8.42. The van der Waals surface area contributed by atoms with Crippen molar-refractivity contribution in [3.05, 3.63) is 35.4 Å². The third-order valence-electron chi connectivity index (χ3n) is 4.33. The fourth-order valence-electron chi connectivity index (χ4n) is 3.22. The molecule has 0 bridgehead atoms. The molecular weight excluding hydrogens is 347 g/mol. The van der Waals surface area contributed by atoms with Crippen LogP contribution in [0.5, 0.6) is 0 Å². The zero-order valence-corrected chi connectivity index (χ0v) is 14.9. The van der Waals surface area contributed by atoms with E-state index in [1.54, 1.807) is 17.9 Å². The van der Waals surface area contributed by atoms with E-state index in [0.29, 0.717) is 13.1 Å². The molecule has 144 valence electrons. The Labute approximate surface area is 150 Å². The van der Waals surface area contributed by atoms with Crippen molar-refractivity contribution in [2.75, 3.05) is 13.1 Å². The summed E-state index contributed by atoms with van der Waals surface area (Å²) < 4.78 is 39.2. The quantitative estimate of drug-likeness (QED) is 0.855. The van der Waals surface area contributed by atoms with Crippen LogP contribution in [0.2, 0.25) is 0 Å². The van der Waals surface area contributed by atoms with E-state index >= 15 is 0 Å². The van der Waals surface area contributed by atoms with Crippen LogP contribution in [0.3, 0.4) is 0 Å². The molecule has 2 N–H and O–H groups in total. The molecule has 2 atom stereocenters. The van der Waals surface area contributed by atoms with Crippen molar-refractivity contribution in [2.24, 2.45) is 0 Å². The fourth-order valence-corrected chi connectivity index (χ4v) is 3.22. The van der Waals surface area contributed by atoms with Crippen LogP contribution in [-0.4, -0.2) is 42.0 Å². The number of carbonyl (C=O) groups is 2. The fraction of sp³-hybridized carbons (Fsp3) is 0.556. The predicted molar refractivity (Wildman–Crippen MR) is 91.6 cm³/mol. The summed E-state index contributed by atoms with van der Waals surface area (Å²) in [6, 6.07) is 4.52. The molecule has 1 saturated heterocycles. The predicted octanol–water partition coefficient (Wildman–Crippen LogP) is 2.95. The van der Waals surface area contributed by atoms with Gasteiger partial charge in [0.2, 0.25) is 5.91 Å². The summed E-state index contributed by atoms with van der Waals surface area (Å²) in [6.07, 6.45) is -2.76. The maximum Gasteiger partial charge on any atom is 0.416 e. The van der Waals surface area contributed by atoms with Crippen molar-refractivity contribution in [1.29, 1.82) is 0 Å². The Kier molecular flexibility index (Phi) is 6.50. The van der Waals surface area contributed by atoms with E-state index in [2.05, 4.69) is 10.6 Å². The molecule has 5 nitrogen and oxygen atoms in total. The van der Waals surface area contributed by atoms with Gasteiger partial charge in [-0.3, -0.25) is 4.79 Å². The van der Waals surface area contributed by atoms with E-state index in [9.17, 15) is 22.8 Å². The van der Waals surface area contributed by atoms with Crippen LogP contribution in [0.4, 0.5) is 18.0 Å². The molecule has 0 aliphatic carbocycles. The van der Waals surface area contributed by atoms with Gasteiger partial charge in [-0.1, -0.05) is 18.2 Å². The number of hydrogen-bond donors (Lipinski definition) is 2. The van der Waals surface area contributed by atoms with Crippen molar-refractivity contribution in [1.82, 2.24) is 15.5 Å². The number of halogens is 3. The highest BCUT2D eigenvalue weighted by Crippen LogP contribution is 2.32. The second-order valence-corrected chi connectivity index (χ2v) is 6.70. The van der Waals surface area contributed by atoms with E-state index in [-0.39, 0.29) is 30.0 Å². The molecule has 1 aromatic carbocycles. The molecule has 2 unspecified atom stereocenters. The Morgan fingerprint density at radius 1 is 1.31 bits per heavy atom. The number of alkyl halides is 3. The number of urea groups is 1. The Hall–Kier alpha value is -2.25. The Bertz CT molecular complexity index is 649. The molecule has 8 heteroatoms. The lowest BCUT2D eigenvalue weighted by molar-refractivity contribution is -0.138. The number of likely N-dealkylation sites (tertiary alicyclic amines) is 1. The van der Waals surface area contributed by atoms with Gasteiger partial charge in [-0.25, -0.2) is 4.79 Å². The smallest absolute Gasteiger partial charge is 0.352 e. The number of piperidine rings is 1. The minimum Gasteiger partial charge on any atom is -0.352 e. The lowest BCUT2D eigenvalue weighted by Crippen LogP contribution is -2.53. The van der Waals surface area contributed by atoms with Crippen molar-refractivity contribution >= 4 is 11.9 Å². The van der Waals surface area contributed by atoms with Crippen molar-refractivity contribution in [3.63, 3.8) is 0 Å². The SMILES string of the molecule is CC(=O)NC1CCCN(C(=O)NC(C)Cc2ccccc2C(F)(F)F)C1. The number of benzene rings is 1.